The van der Waals surface area contributed by atoms with E-state index in [-0.39, 0.29) is 17.9 Å². The first-order valence-electron chi connectivity index (χ1n) is 9.57. The molecule has 4 heterocycles. The van der Waals surface area contributed by atoms with Crippen LogP contribution in [0.1, 0.15) is 24.0 Å². The van der Waals surface area contributed by atoms with Crippen LogP contribution in [0, 0.1) is 25.2 Å². The van der Waals surface area contributed by atoms with Crippen molar-refractivity contribution in [1.29, 1.82) is 0 Å². The van der Waals surface area contributed by atoms with Gasteiger partial charge in [-0.25, -0.2) is 4.98 Å². The van der Waals surface area contributed by atoms with Crippen LogP contribution in [0.3, 0.4) is 0 Å². The van der Waals surface area contributed by atoms with Crippen LogP contribution in [-0.2, 0) is 4.79 Å². The quantitative estimate of drug-likeness (QED) is 0.787. The van der Waals surface area contributed by atoms with E-state index in [9.17, 15) is 4.79 Å². The number of amides is 1. The number of terminal acetylenes is 1. The molecular formula is C22H24N4OS. The molecule has 1 aromatic heterocycles. The second-order valence-corrected chi connectivity index (χ2v) is 8.23. The monoisotopic (exact) mass is 392 g/mol. The largest absolute Gasteiger partial charge is 0.367 e. The highest BCUT2D eigenvalue weighted by Crippen LogP contribution is 2.32. The average molecular weight is 393 g/mol. The van der Waals surface area contributed by atoms with Crippen LogP contribution >= 0.6 is 11.3 Å². The van der Waals surface area contributed by atoms with Crippen molar-refractivity contribution < 1.29 is 4.79 Å². The smallest absolute Gasteiger partial charge is 0.255 e. The minimum atomic E-state index is -0.0360. The zero-order chi connectivity index (χ0) is 19.7. The summed E-state index contributed by atoms with van der Waals surface area (Å²) in [5.74, 6) is 2.98. The number of fused-ring (bicyclic) bond motifs is 1. The van der Waals surface area contributed by atoms with E-state index in [1.807, 2.05) is 24.6 Å². The van der Waals surface area contributed by atoms with Gasteiger partial charge in [-0.2, -0.15) is 0 Å². The Kier molecular flexibility index (Phi) is 5.21. The van der Waals surface area contributed by atoms with Gasteiger partial charge in [-0.1, -0.05) is 18.9 Å². The molecular weight excluding hydrogens is 368 g/mol. The number of hydrogen-bond acceptors (Lipinski definition) is 5. The van der Waals surface area contributed by atoms with Gasteiger partial charge in [0.15, 0.2) is 0 Å². The van der Waals surface area contributed by atoms with Crippen molar-refractivity contribution in [2.24, 2.45) is 5.92 Å². The zero-order valence-corrected chi connectivity index (χ0v) is 17.0. The molecule has 0 radical (unpaired) electrons. The van der Waals surface area contributed by atoms with Crippen LogP contribution in [0.2, 0.25) is 0 Å². The molecule has 1 aromatic rings. The summed E-state index contributed by atoms with van der Waals surface area (Å²) in [6.45, 7) is 6.57. The van der Waals surface area contributed by atoms with Gasteiger partial charge in [-0.05, 0) is 37.0 Å². The molecule has 2 atom stereocenters. The average Bonchev–Trinajstić information content (AvgIpc) is 3.15. The van der Waals surface area contributed by atoms with Crippen molar-refractivity contribution in [2.45, 2.75) is 26.3 Å². The Morgan fingerprint density at radius 3 is 2.93 bits per heavy atom. The van der Waals surface area contributed by atoms with Gasteiger partial charge in [0.05, 0.1) is 11.7 Å². The molecule has 0 saturated carbocycles. The maximum Gasteiger partial charge on any atom is 0.255 e. The van der Waals surface area contributed by atoms with Crippen molar-refractivity contribution in [3.8, 4) is 12.3 Å². The van der Waals surface area contributed by atoms with E-state index in [0.717, 1.165) is 53.7 Å². The molecule has 5 nitrogen and oxygen atoms in total. The highest BCUT2D eigenvalue weighted by molar-refractivity contribution is 7.10. The van der Waals surface area contributed by atoms with Gasteiger partial charge in [0.25, 0.3) is 5.91 Å². The Hall–Kier alpha value is -2.62. The Morgan fingerprint density at radius 1 is 1.36 bits per heavy atom. The van der Waals surface area contributed by atoms with Crippen LogP contribution in [0.25, 0.3) is 5.57 Å². The van der Waals surface area contributed by atoms with Gasteiger partial charge < -0.3 is 10.2 Å². The van der Waals surface area contributed by atoms with Crippen LogP contribution in [0.5, 0.6) is 0 Å². The Morgan fingerprint density at radius 2 is 2.18 bits per heavy atom. The molecule has 6 heteroatoms. The van der Waals surface area contributed by atoms with E-state index < -0.39 is 0 Å². The van der Waals surface area contributed by atoms with Crippen molar-refractivity contribution in [3.63, 3.8) is 0 Å². The number of aryl methyl sites for hydroxylation is 1. The Balaban J connectivity index is 1.63. The predicted molar refractivity (Wildman–Crippen MR) is 113 cm³/mol. The van der Waals surface area contributed by atoms with Gasteiger partial charge in [-0.3, -0.25) is 9.69 Å². The van der Waals surface area contributed by atoms with Gasteiger partial charge in [-0.15, -0.1) is 17.8 Å². The van der Waals surface area contributed by atoms with E-state index in [4.69, 9.17) is 6.42 Å². The number of allylic oxidation sites excluding steroid dienone is 4. The first-order chi connectivity index (χ1) is 13.5. The van der Waals surface area contributed by atoms with E-state index in [1.54, 1.807) is 22.3 Å². The highest BCUT2D eigenvalue weighted by Gasteiger charge is 2.26. The summed E-state index contributed by atoms with van der Waals surface area (Å²) in [4.78, 5) is 21.7. The normalized spacial score (nSPS) is 25.2. The number of hydrogen-bond donors (Lipinski definition) is 1. The van der Waals surface area contributed by atoms with Gasteiger partial charge in [0.2, 0.25) is 0 Å². The summed E-state index contributed by atoms with van der Waals surface area (Å²) in [5, 5.41) is 6.28. The molecule has 0 bridgehead atoms. The summed E-state index contributed by atoms with van der Waals surface area (Å²) in [7, 11) is 0. The Labute approximate surface area is 170 Å². The van der Waals surface area contributed by atoms with Crippen molar-refractivity contribution >= 4 is 22.8 Å². The predicted octanol–water partition coefficient (Wildman–Crippen LogP) is 2.91. The van der Waals surface area contributed by atoms with E-state index in [2.05, 4.69) is 40.2 Å². The molecule has 3 aliphatic rings. The molecule has 28 heavy (non-hydrogen) atoms. The van der Waals surface area contributed by atoms with Crippen molar-refractivity contribution in [2.75, 3.05) is 19.6 Å². The van der Waals surface area contributed by atoms with Crippen LogP contribution in [-0.4, -0.2) is 46.4 Å². The lowest BCUT2D eigenvalue weighted by atomic mass is 9.94. The van der Waals surface area contributed by atoms with Gasteiger partial charge in [0, 0.05) is 48.7 Å². The summed E-state index contributed by atoms with van der Waals surface area (Å²) in [6, 6.07) is 0.0310. The zero-order valence-electron chi connectivity index (χ0n) is 16.2. The third kappa shape index (κ3) is 3.68. The maximum atomic E-state index is 13.1. The summed E-state index contributed by atoms with van der Waals surface area (Å²) in [5.41, 5.74) is 3.94. The number of carbonyl (C=O) groups excluding carboxylic acids is 1. The number of aromatic nitrogens is 1. The molecule has 144 valence electrons. The number of nitrogens with zero attached hydrogens (tertiary/aromatic N) is 3. The second-order valence-electron chi connectivity index (χ2n) is 7.37. The van der Waals surface area contributed by atoms with E-state index in [0.29, 0.717) is 0 Å². The number of nitrogens with one attached hydrogen (secondary N) is 1. The van der Waals surface area contributed by atoms with Crippen molar-refractivity contribution in [1.82, 2.24) is 20.1 Å². The first-order valence-corrected chi connectivity index (χ1v) is 10.4. The molecule has 0 aliphatic carbocycles. The minimum Gasteiger partial charge on any atom is -0.367 e. The summed E-state index contributed by atoms with van der Waals surface area (Å²) >= 11 is 1.60. The standard InChI is InChI=1S/C22H24N4OS/c1-4-17-12-25(10-9-23-17)19-8-7-18-6-5-15(2)20(11-21(27)26(18)13-19)22-24-16(3)14-28-22/h1,6-8,11,13-15,17,23H,5,9-10,12H2,2-3H3. The lowest BCUT2D eigenvalue weighted by Gasteiger charge is -2.36. The molecule has 1 fully saturated rings. The van der Waals surface area contributed by atoms with Crippen LogP contribution in [0.15, 0.2) is 47.3 Å². The minimum absolute atomic E-state index is 0.0310. The molecule has 1 amide bonds. The molecule has 1 N–H and O–H groups in total. The number of carbonyl (C=O) groups is 1. The molecule has 0 aromatic carbocycles. The van der Waals surface area contributed by atoms with Gasteiger partial charge >= 0.3 is 0 Å². The summed E-state index contributed by atoms with van der Waals surface area (Å²) < 4.78 is 0. The number of piperazine rings is 1. The SMILES string of the molecule is C#CC1CN(C2=CN3C(=O)C=C(c4nc(C)cs4)C(C)CC=C3C=C2)CCN1. The number of rotatable bonds is 2. The molecule has 3 aliphatic heterocycles. The van der Waals surface area contributed by atoms with E-state index >= 15 is 0 Å². The fourth-order valence-electron chi connectivity index (χ4n) is 3.67. The first kappa shape index (κ1) is 18.7. The summed E-state index contributed by atoms with van der Waals surface area (Å²) in [6.07, 6.45) is 16.4. The van der Waals surface area contributed by atoms with E-state index in [1.165, 1.54) is 0 Å². The third-order valence-electron chi connectivity index (χ3n) is 5.30. The molecule has 2 unspecified atom stereocenters. The maximum absolute atomic E-state index is 13.1. The fraction of sp³-hybridized carbons (Fsp3) is 0.364. The lowest BCUT2D eigenvalue weighted by Crippen LogP contribution is -2.49. The number of thiazole rings is 1. The van der Waals surface area contributed by atoms with Crippen LogP contribution < -0.4 is 5.32 Å². The topological polar surface area (TPSA) is 48.5 Å². The molecule has 4 rings (SSSR count). The van der Waals surface area contributed by atoms with Crippen molar-refractivity contribution in [3.05, 3.63) is 58.0 Å². The lowest BCUT2D eigenvalue weighted by molar-refractivity contribution is -0.122. The third-order valence-corrected chi connectivity index (χ3v) is 6.31. The second kappa shape index (κ2) is 7.78. The molecule has 0 spiro atoms. The highest BCUT2D eigenvalue weighted by atomic mass is 32.1. The Bertz CT molecular complexity index is 946. The fourth-order valence-corrected chi connectivity index (χ4v) is 4.60. The van der Waals surface area contributed by atoms with Crippen LogP contribution in [0.4, 0.5) is 0 Å². The molecule has 1 saturated heterocycles. The van der Waals surface area contributed by atoms with Gasteiger partial charge in [0.1, 0.15) is 5.01 Å².